The Morgan fingerprint density at radius 1 is 1.47 bits per heavy atom. The number of nitrogens with two attached hydrogens (primary N) is 1. The summed E-state index contributed by atoms with van der Waals surface area (Å²) in [4.78, 5) is 3.77. The number of rotatable bonds is 5. The molecule has 3 aromatic rings. The van der Waals surface area contributed by atoms with E-state index < -0.39 is 83.9 Å². The van der Waals surface area contributed by atoms with Gasteiger partial charge < -0.3 is 15.8 Å². The van der Waals surface area contributed by atoms with Crippen LogP contribution in [-0.4, -0.2) is 27.8 Å². The highest BCUT2D eigenvalue weighted by Gasteiger charge is 2.21. The van der Waals surface area contributed by atoms with Crippen molar-refractivity contribution in [3.8, 4) is 16.9 Å². The third-order valence-corrected chi connectivity index (χ3v) is 4.60. The van der Waals surface area contributed by atoms with Crippen molar-refractivity contribution >= 4 is 29.0 Å². The van der Waals surface area contributed by atoms with Gasteiger partial charge in [0, 0.05) is 49.2 Å². The fraction of sp³-hybridized carbons (Fsp3) is 0.333. The van der Waals surface area contributed by atoms with Crippen LogP contribution in [0.15, 0.2) is 36.8 Å². The highest BCUT2D eigenvalue weighted by atomic mass is 35.5. The Morgan fingerprint density at radius 2 is 2.27 bits per heavy atom. The van der Waals surface area contributed by atoms with Gasteiger partial charge in [0.25, 0.3) is 0 Å². The molecule has 1 saturated heterocycles. The molecule has 158 valence electrons. The number of benzene rings is 1. The summed E-state index contributed by atoms with van der Waals surface area (Å²) in [6, 6.07) is -0.646. The minimum Gasteiger partial charge on any atom is -0.482 e. The van der Waals surface area contributed by atoms with E-state index in [-0.39, 0.29) is 11.1 Å². The second-order valence-corrected chi connectivity index (χ2v) is 6.61. The van der Waals surface area contributed by atoms with Gasteiger partial charge in [0.15, 0.2) is 11.6 Å². The lowest BCUT2D eigenvalue weighted by molar-refractivity contribution is 0.227. The fourth-order valence-corrected chi connectivity index (χ4v) is 3.02. The first kappa shape index (κ1) is 9.85. The standard InChI is InChI=1S/C21H22Cl2FN5O/c1-12(19-16(22)2-3-17(24)20(19)23)30-18-8-13(9-27-21(18)25)14-10-28-29(11-14)15-4-6-26-7-5-15/h2-3,8-12,15,26H,4-7H2,1H3,(H2,25,27)/t12-/m1/s1/i1D3,4D2,5D2,6D2,7D2,9D,12D,15D. The monoisotopic (exact) mass is 463 g/mol. The van der Waals surface area contributed by atoms with Crippen LogP contribution in [0.2, 0.25) is 10.0 Å². The maximum atomic E-state index is 14.3. The molecule has 0 spiro atoms. The van der Waals surface area contributed by atoms with Crippen LogP contribution < -0.4 is 15.8 Å². The van der Waals surface area contributed by atoms with Gasteiger partial charge in [-0.3, -0.25) is 4.68 Å². The molecular weight excluding hydrogens is 428 g/mol. The number of pyridine rings is 1. The molecule has 9 heteroatoms. The third-order valence-electron chi connectivity index (χ3n) is 3.92. The van der Waals surface area contributed by atoms with Crippen LogP contribution in [0.5, 0.6) is 5.75 Å². The summed E-state index contributed by atoms with van der Waals surface area (Å²) >= 11 is 12.1. The third kappa shape index (κ3) is 4.24. The maximum Gasteiger partial charge on any atom is 0.166 e. The lowest BCUT2D eigenvalue weighted by atomic mass is 10.1. The van der Waals surface area contributed by atoms with Crippen molar-refractivity contribution in [3.63, 3.8) is 0 Å². The molecule has 1 aliphatic rings. The number of hydrogen-bond acceptors (Lipinski definition) is 5. The summed E-state index contributed by atoms with van der Waals surface area (Å²) < 4.78 is 135. The van der Waals surface area contributed by atoms with Crippen molar-refractivity contribution in [3.05, 3.63) is 58.2 Å². The Kier molecular flexibility index (Phi) is 2.89. The van der Waals surface area contributed by atoms with Crippen molar-refractivity contribution in [1.29, 1.82) is 0 Å². The van der Waals surface area contributed by atoms with Crippen LogP contribution in [0.3, 0.4) is 0 Å². The van der Waals surface area contributed by atoms with Gasteiger partial charge in [0.05, 0.1) is 21.3 Å². The molecule has 30 heavy (non-hydrogen) atoms. The van der Waals surface area contributed by atoms with Crippen LogP contribution in [-0.2, 0) is 0 Å². The van der Waals surface area contributed by atoms with Crippen molar-refractivity contribution < 1.29 is 28.3 Å². The molecule has 4 rings (SSSR count). The van der Waals surface area contributed by atoms with Gasteiger partial charge in [0.2, 0.25) is 0 Å². The second-order valence-electron chi connectivity index (χ2n) is 5.83. The number of ether oxygens (including phenoxy) is 1. The lowest BCUT2D eigenvalue weighted by Crippen LogP contribution is -2.29. The molecular formula is C21H22Cl2FN5O. The first-order valence-electron chi connectivity index (χ1n) is 15.2. The zero-order valence-corrected chi connectivity index (χ0v) is 16.4. The van der Waals surface area contributed by atoms with Gasteiger partial charge in [-0.1, -0.05) is 23.2 Å². The lowest BCUT2D eigenvalue weighted by Gasteiger charge is -2.22. The Labute approximate surface area is 203 Å². The van der Waals surface area contributed by atoms with Gasteiger partial charge in [-0.05, 0) is 50.8 Å². The molecule has 3 heterocycles. The van der Waals surface area contributed by atoms with Crippen molar-refractivity contribution in [1.82, 2.24) is 20.1 Å². The van der Waals surface area contributed by atoms with Crippen molar-refractivity contribution in [2.45, 2.75) is 31.7 Å². The number of nitrogens with one attached hydrogen (secondary N) is 1. The number of aromatic nitrogens is 3. The van der Waals surface area contributed by atoms with E-state index in [2.05, 4.69) is 10.1 Å². The van der Waals surface area contributed by atoms with Crippen molar-refractivity contribution in [2.24, 2.45) is 0 Å². The summed E-state index contributed by atoms with van der Waals surface area (Å²) in [7, 11) is 0. The molecule has 0 unspecified atom stereocenters. The highest BCUT2D eigenvalue weighted by molar-refractivity contribution is 6.36. The minimum atomic E-state index is -3.45. The van der Waals surface area contributed by atoms with Crippen molar-refractivity contribution in [2.75, 3.05) is 18.7 Å². The summed E-state index contributed by atoms with van der Waals surface area (Å²) in [6.45, 7) is -9.92. The SMILES string of the molecule is [2H]c1nc(N)c(O[C@@]([2H])(c2c(Cl)ccc(F)c2Cl)C([2H])([2H])[2H])cc1-c1cnn(C2([2H])C([2H])([2H])C([2H])([2H])NC([2H])([2H])C2([2H])[2H])c1. The van der Waals surface area contributed by atoms with Crippen LogP contribution in [0.1, 0.15) is 56.4 Å². The number of hydrogen-bond donors (Lipinski definition) is 2. The molecule has 0 saturated carbocycles. The van der Waals surface area contributed by atoms with Crippen LogP contribution in [0, 0.1) is 5.82 Å². The zero-order valence-electron chi connectivity index (χ0n) is 28.8. The largest absolute Gasteiger partial charge is 0.482 e. The molecule has 2 aromatic heterocycles. The number of nitrogens with zero attached hydrogens (tertiary/aromatic N) is 3. The van der Waals surface area contributed by atoms with Crippen LogP contribution in [0.25, 0.3) is 11.1 Å². The Morgan fingerprint density at radius 3 is 3.03 bits per heavy atom. The predicted octanol–water partition coefficient (Wildman–Crippen LogP) is 5.04. The molecule has 1 atom stereocenters. The molecule has 3 N–H and O–H groups in total. The van der Waals surface area contributed by atoms with Gasteiger partial charge in [-0.15, -0.1) is 0 Å². The summed E-state index contributed by atoms with van der Waals surface area (Å²) in [5, 5.41) is 4.18. The van der Waals surface area contributed by atoms with E-state index in [0.29, 0.717) is 4.68 Å². The molecule has 0 bridgehead atoms. The normalized spacial score (nSPS) is 32.0. The van der Waals surface area contributed by atoms with E-state index in [1.807, 2.05) is 0 Å². The first-order chi connectivity index (χ1) is 19.8. The molecule has 6 nitrogen and oxygen atoms in total. The molecule has 0 amide bonds. The van der Waals surface area contributed by atoms with E-state index in [1.54, 1.807) is 5.32 Å². The van der Waals surface area contributed by atoms with E-state index in [0.717, 1.165) is 30.6 Å². The maximum absolute atomic E-state index is 14.3. The average Bonchev–Trinajstić information content (AvgIpc) is 3.35. The number of piperidine rings is 1. The minimum absolute atomic E-state index is 0.198. The average molecular weight is 464 g/mol. The van der Waals surface area contributed by atoms with E-state index in [9.17, 15) is 4.39 Å². The molecule has 0 radical (unpaired) electrons. The van der Waals surface area contributed by atoms with Crippen LogP contribution in [0.4, 0.5) is 10.2 Å². The zero-order chi connectivity index (χ0) is 33.6. The number of anilines is 1. The summed E-state index contributed by atoms with van der Waals surface area (Å²) in [5.41, 5.74) is 4.63. The summed E-state index contributed by atoms with van der Waals surface area (Å²) in [5.74, 6) is -2.33. The molecule has 0 aliphatic carbocycles. The Balaban J connectivity index is 1.88. The summed E-state index contributed by atoms with van der Waals surface area (Å²) in [6.07, 6.45) is -8.97. The quantitative estimate of drug-likeness (QED) is 0.518. The highest BCUT2D eigenvalue weighted by Crippen LogP contribution is 2.37. The fourth-order valence-electron chi connectivity index (χ4n) is 2.48. The topological polar surface area (TPSA) is 78.0 Å². The molecule has 1 aliphatic heterocycles. The second kappa shape index (κ2) is 8.79. The van der Waals surface area contributed by atoms with E-state index in [4.69, 9.17) is 52.9 Å². The van der Waals surface area contributed by atoms with Gasteiger partial charge in [0.1, 0.15) is 11.9 Å². The van der Waals surface area contributed by atoms with E-state index in [1.165, 1.54) is 0 Å². The Bertz CT molecular complexity index is 1610. The number of nitrogen functional groups attached to an aromatic ring is 1. The Hall–Kier alpha value is -2.35. The smallest absolute Gasteiger partial charge is 0.166 e. The molecule has 1 aromatic carbocycles. The van der Waals surface area contributed by atoms with Gasteiger partial charge >= 0.3 is 0 Å². The predicted molar refractivity (Wildman–Crippen MR) is 116 cm³/mol. The van der Waals surface area contributed by atoms with E-state index >= 15 is 0 Å². The number of halogens is 3. The van der Waals surface area contributed by atoms with Gasteiger partial charge in [-0.25, -0.2) is 9.37 Å². The van der Waals surface area contributed by atoms with Gasteiger partial charge in [-0.2, -0.15) is 5.10 Å². The first-order valence-corrected chi connectivity index (χ1v) is 8.97. The van der Waals surface area contributed by atoms with Crippen LogP contribution >= 0.6 is 23.2 Å². The molecule has 1 fully saturated rings.